The smallest absolute Gasteiger partial charge is 0.285 e. The summed E-state index contributed by atoms with van der Waals surface area (Å²) in [6.45, 7) is 8.52. The van der Waals surface area contributed by atoms with Crippen LogP contribution in [0.5, 0.6) is 5.75 Å². The van der Waals surface area contributed by atoms with E-state index >= 15 is 0 Å². The lowest BCUT2D eigenvalue weighted by molar-refractivity contribution is 0.0974. The van der Waals surface area contributed by atoms with E-state index in [0.29, 0.717) is 5.82 Å². The van der Waals surface area contributed by atoms with Gasteiger partial charge in [0.2, 0.25) is 10.0 Å². The van der Waals surface area contributed by atoms with Crippen molar-refractivity contribution in [3.05, 3.63) is 84.1 Å². The largest absolute Gasteiger partial charge is 0.508 e. The number of nitrogens with one attached hydrogen (secondary N) is 1. The molecule has 40 heavy (non-hydrogen) atoms. The second-order valence-corrected chi connectivity index (χ2v) is 13.4. The van der Waals surface area contributed by atoms with Gasteiger partial charge in [-0.15, -0.1) is 10.2 Å². The number of carbonyl (C=O) groups is 1. The van der Waals surface area contributed by atoms with Crippen LogP contribution in [0.1, 0.15) is 36.8 Å². The highest BCUT2D eigenvalue weighted by Crippen LogP contribution is 2.33. The highest BCUT2D eigenvalue weighted by Gasteiger charge is 2.31. The maximum atomic E-state index is 12.4. The van der Waals surface area contributed by atoms with Crippen LogP contribution in [0, 0.1) is 0 Å². The Kier molecular flexibility index (Phi) is 7.48. The minimum atomic E-state index is -3.83. The number of amides is 1. The summed E-state index contributed by atoms with van der Waals surface area (Å²) in [5.74, 6) is 0.108. The number of hydrogen-bond acceptors (Lipinski definition) is 8. The van der Waals surface area contributed by atoms with E-state index in [9.17, 15) is 18.3 Å². The fourth-order valence-corrected chi connectivity index (χ4v) is 5.40. The Hall–Kier alpha value is -4.02. The SMILES string of the molecule is CC(C)(C)S(=O)(=O)NC(=O)c1ccc(N2CCN(Cc3ccc(-c4cccc(O)c4)c4ccccc34)CC2)nn1. The zero-order chi connectivity index (χ0) is 28.5. The third-order valence-corrected chi connectivity index (χ3v) is 9.24. The van der Waals surface area contributed by atoms with Gasteiger partial charge in [0.15, 0.2) is 11.5 Å². The molecule has 0 aliphatic carbocycles. The monoisotopic (exact) mass is 559 g/mol. The minimum Gasteiger partial charge on any atom is -0.508 e. The summed E-state index contributed by atoms with van der Waals surface area (Å²) in [5, 5.41) is 20.5. The molecule has 2 heterocycles. The molecular weight excluding hydrogens is 526 g/mol. The molecule has 3 aromatic carbocycles. The second kappa shape index (κ2) is 10.9. The number of nitrogens with zero attached hydrogens (tertiary/aromatic N) is 4. The Labute approximate surface area is 234 Å². The molecule has 2 N–H and O–H groups in total. The van der Waals surface area contributed by atoms with Gasteiger partial charge in [-0.1, -0.05) is 48.5 Å². The molecule has 0 spiro atoms. The molecule has 0 unspecified atom stereocenters. The number of benzene rings is 3. The van der Waals surface area contributed by atoms with Gasteiger partial charge in [0, 0.05) is 32.7 Å². The number of fused-ring (bicyclic) bond motifs is 1. The molecule has 1 amide bonds. The molecule has 4 aromatic rings. The molecule has 1 saturated heterocycles. The molecule has 0 bridgehead atoms. The fraction of sp³-hybridized carbons (Fsp3) is 0.300. The molecule has 5 rings (SSSR count). The molecule has 1 fully saturated rings. The molecule has 1 aromatic heterocycles. The number of anilines is 1. The number of phenolic OH excluding ortho intramolecular Hbond substituents is 1. The van der Waals surface area contributed by atoms with Crippen molar-refractivity contribution in [3.8, 4) is 16.9 Å². The maximum absolute atomic E-state index is 12.4. The van der Waals surface area contributed by atoms with E-state index < -0.39 is 20.7 Å². The van der Waals surface area contributed by atoms with Gasteiger partial charge in [0.1, 0.15) is 5.75 Å². The van der Waals surface area contributed by atoms with Gasteiger partial charge in [-0.2, -0.15) is 0 Å². The van der Waals surface area contributed by atoms with Crippen LogP contribution in [-0.2, 0) is 16.6 Å². The minimum absolute atomic E-state index is 0.0451. The van der Waals surface area contributed by atoms with Crippen molar-refractivity contribution in [2.75, 3.05) is 31.1 Å². The zero-order valence-electron chi connectivity index (χ0n) is 22.8. The van der Waals surface area contributed by atoms with E-state index in [1.54, 1.807) is 18.2 Å². The van der Waals surface area contributed by atoms with E-state index in [1.165, 1.54) is 37.8 Å². The van der Waals surface area contributed by atoms with Crippen molar-refractivity contribution in [1.82, 2.24) is 19.8 Å². The molecular formula is C30H33N5O4S. The Balaban J connectivity index is 1.24. The van der Waals surface area contributed by atoms with E-state index in [1.807, 2.05) is 18.2 Å². The van der Waals surface area contributed by atoms with Crippen molar-refractivity contribution in [1.29, 1.82) is 0 Å². The number of aromatic hydroxyl groups is 1. The highest BCUT2D eigenvalue weighted by molar-refractivity contribution is 7.91. The summed E-state index contributed by atoms with van der Waals surface area (Å²) in [6.07, 6.45) is 0. The Morgan fingerprint density at radius 2 is 1.62 bits per heavy atom. The van der Waals surface area contributed by atoms with E-state index in [-0.39, 0.29) is 11.4 Å². The third kappa shape index (κ3) is 5.78. The lowest BCUT2D eigenvalue weighted by atomic mass is 9.94. The van der Waals surface area contributed by atoms with E-state index in [2.05, 4.69) is 55.1 Å². The Bertz CT molecular complexity index is 1640. The van der Waals surface area contributed by atoms with Crippen LogP contribution in [0.25, 0.3) is 21.9 Å². The first-order valence-electron chi connectivity index (χ1n) is 13.2. The quantitative estimate of drug-likeness (QED) is 0.362. The number of sulfonamides is 1. The van der Waals surface area contributed by atoms with Crippen LogP contribution in [0.2, 0.25) is 0 Å². The third-order valence-electron chi connectivity index (χ3n) is 7.18. The molecule has 0 radical (unpaired) electrons. The highest BCUT2D eigenvalue weighted by atomic mass is 32.2. The van der Waals surface area contributed by atoms with Crippen molar-refractivity contribution in [3.63, 3.8) is 0 Å². The van der Waals surface area contributed by atoms with Gasteiger partial charge in [0.25, 0.3) is 5.91 Å². The number of phenols is 1. The standard InChI is InChI=1S/C30H33N5O4S/c1-30(2,3)40(38,39)33-29(37)27-13-14-28(32-31-27)35-17-15-34(16-18-35)20-22-11-12-25(21-7-6-8-23(36)19-21)26-10-5-4-9-24(22)26/h4-14,19,36H,15-18,20H2,1-3H3,(H,33,37). The molecule has 208 valence electrons. The van der Waals surface area contributed by atoms with Gasteiger partial charge in [-0.05, 0) is 72.5 Å². The van der Waals surface area contributed by atoms with Crippen LogP contribution in [0.3, 0.4) is 0 Å². The van der Waals surface area contributed by atoms with Crippen molar-refractivity contribution in [2.45, 2.75) is 32.1 Å². The summed E-state index contributed by atoms with van der Waals surface area (Å²) in [4.78, 5) is 16.9. The Morgan fingerprint density at radius 3 is 2.27 bits per heavy atom. The second-order valence-electron chi connectivity index (χ2n) is 11.0. The summed E-state index contributed by atoms with van der Waals surface area (Å²) in [7, 11) is -3.83. The first-order valence-corrected chi connectivity index (χ1v) is 14.7. The van der Waals surface area contributed by atoms with Gasteiger partial charge < -0.3 is 10.0 Å². The van der Waals surface area contributed by atoms with Gasteiger partial charge in [-0.3, -0.25) is 9.69 Å². The van der Waals surface area contributed by atoms with E-state index in [4.69, 9.17) is 0 Å². The van der Waals surface area contributed by atoms with E-state index in [0.717, 1.165) is 49.2 Å². The van der Waals surface area contributed by atoms with Gasteiger partial charge in [-0.25, -0.2) is 13.1 Å². The predicted octanol–water partition coefficient (Wildman–Crippen LogP) is 4.18. The van der Waals surface area contributed by atoms with Crippen LogP contribution in [0.4, 0.5) is 5.82 Å². The normalized spacial score (nSPS) is 14.8. The molecule has 9 nitrogen and oxygen atoms in total. The molecule has 0 saturated carbocycles. The van der Waals surface area contributed by atoms with Crippen molar-refractivity contribution < 1.29 is 18.3 Å². The summed E-state index contributed by atoms with van der Waals surface area (Å²) >= 11 is 0. The van der Waals surface area contributed by atoms with Crippen molar-refractivity contribution in [2.24, 2.45) is 0 Å². The molecule has 1 aliphatic heterocycles. The van der Waals surface area contributed by atoms with Gasteiger partial charge >= 0.3 is 0 Å². The lowest BCUT2D eigenvalue weighted by Gasteiger charge is -2.35. The zero-order valence-corrected chi connectivity index (χ0v) is 23.6. The Morgan fingerprint density at radius 1 is 0.900 bits per heavy atom. The first-order chi connectivity index (χ1) is 19.0. The van der Waals surface area contributed by atoms with Crippen LogP contribution >= 0.6 is 0 Å². The number of aromatic nitrogens is 2. The summed E-state index contributed by atoms with van der Waals surface area (Å²) in [5.41, 5.74) is 3.27. The maximum Gasteiger partial charge on any atom is 0.285 e. The number of hydrogen-bond donors (Lipinski definition) is 2. The van der Waals surface area contributed by atoms with Crippen LogP contribution in [0.15, 0.2) is 72.8 Å². The average molecular weight is 560 g/mol. The average Bonchev–Trinajstić information content (AvgIpc) is 2.93. The number of carbonyl (C=O) groups excluding carboxylic acids is 1. The lowest BCUT2D eigenvalue weighted by Crippen LogP contribution is -2.46. The number of rotatable bonds is 6. The van der Waals surface area contributed by atoms with Gasteiger partial charge in [0.05, 0.1) is 4.75 Å². The molecule has 0 atom stereocenters. The molecule has 1 aliphatic rings. The van der Waals surface area contributed by atoms with Crippen molar-refractivity contribution >= 4 is 32.5 Å². The predicted molar refractivity (Wildman–Crippen MR) is 157 cm³/mol. The number of piperazine rings is 1. The molecule has 10 heteroatoms. The van der Waals surface area contributed by atoms with Crippen LogP contribution < -0.4 is 9.62 Å². The van der Waals surface area contributed by atoms with Crippen LogP contribution in [-0.4, -0.2) is 65.5 Å². The summed E-state index contributed by atoms with van der Waals surface area (Å²) < 4.78 is 25.5. The first kappa shape index (κ1) is 27.5. The fourth-order valence-electron chi connectivity index (χ4n) is 4.74. The topological polar surface area (TPSA) is 116 Å². The summed E-state index contributed by atoms with van der Waals surface area (Å²) in [6, 6.07) is 23.2.